The van der Waals surface area contributed by atoms with Crippen LogP contribution in [0.15, 0.2) is 35.0 Å². The summed E-state index contributed by atoms with van der Waals surface area (Å²) in [7, 11) is 0. The van der Waals surface area contributed by atoms with Gasteiger partial charge in [0, 0.05) is 18.8 Å². The minimum absolute atomic E-state index is 0.113. The van der Waals surface area contributed by atoms with Crippen LogP contribution in [0.2, 0.25) is 0 Å². The molecular formula is C15H16N2O4. The summed E-state index contributed by atoms with van der Waals surface area (Å²) in [6, 6.07) is 5.16. The van der Waals surface area contributed by atoms with Crippen molar-refractivity contribution in [2.45, 2.75) is 26.3 Å². The van der Waals surface area contributed by atoms with Gasteiger partial charge in [0.1, 0.15) is 17.1 Å². The van der Waals surface area contributed by atoms with Crippen LogP contribution in [0.3, 0.4) is 0 Å². The van der Waals surface area contributed by atoms with Gasteiger partial charge in [-0.2, -0.15) is 0 Å². The number of carbonyl (C=O) groups excluding carboxylic acids is 1. The molecule has 2 N–H and O–H groups in total. The molecule has 0 aromatic carbocycles. The number of aromatic nitrogens is 1. The Balaban J connectivity index is 1.81. The molecule has 2 aromatic rings. The SMILES string of the molecule is Cc1oc(CNC(=O)CCc2ccncc2)cc1C(=O)O. The van der Waals surface area contributed by atoms with Gasteiger partial charge in [-0.05, 0) is 37.1 Å². The number of carbonyl (C=O) groups is 2. The number of nitrogens with one attached hydrogen (secondary N) is 1. The second-order valence-electron chi connectivity index (χ2n) is 4.62. The van der Waals surface area contributed by atoms with Crippen LogP contribution in [0.1, 0.15) is 33.9 Å². The molecule has 0 fully saturated rings. The van der Waals surface area contributed by atoms with Crippen molar-refractivity contribution in [3.8, 4) is 0 Å². The highest BCUT2D eigenvalue weighted by molar-refractivity contribution is 5.88. The van der Waals surface area contributed by atoms with Gasteiger partial charge in [0.15, 0.2) is 0 Å². The van der Waals surface area contributed by atoms with E-state index in [2.05, 4.69) is 10.3 Å². The van der Waals surface area contributed by atoms with Crippen molar-refractivity contribution >= 4 is 11.9 Å². The van der Waals surface area contributed by atoms with Gasteiger partial charge in [-0.1, -0.05) is 0 Å². The topological polar surface area (TPSA) is 92.4 Å². The first-order valence-corrected chi connectivity index (χ1v) is 6.54. The maximum atomic E-state index is 11.7. The zero-order chi connectivity index (χ0) is 15.2. The summed E-state index contributed by atoms with van der Waals surface area (Å²) in [4.78, 5) is 26.5. The van der Waals surface area contributed by atoms with Crippen LogP contribution >= 0.6 is 0 Å². The molecule has 0 aliphatic carbocycles. The summed E-state index contributed by atoms with van der Waals surface area (Å²) in [5.74, 6) is -0.380. The molecule has 2 rings (SSSR count). The first-order valence-electron chi connectivity index (χ1n) is 6.54. The van der Waals surface area contributed by atoms with Crippen molar-refractivity contribution in [2.24, 2.45) is 0 Å². The standard InChI is InChI=1S/C15H16N2O4/c1-10-13(15(19)20)8-12(21-10)9-17-14(18)3-2-11-4-6-16-7-5-11/h4-8H,2-3,9H2,1H3,(H,17,18)(H,19,20). The van der Waals surface area contributed by atoms with E-state index in [0.29, 0.717) is 24.4 Å². The molecule has 0 atom stereocenters. The summed E-state index contributed by atoms with van der Waals surface area (Å²) >= 11 is 0. The summed E-state index contributed by atoms with van der Waals surface area (Å²) in [5, 5.41) is 11.6. The van der Waals surface area contributed by atoms with Crippen molar-refractivity contribution in [1.82, 2.24) is 10.3 Å². The second kappa shape index (κ2) is 6.69. The van der Waals surface area contributed by atoms with Gasteiger partial charge in [-0.25, -0.2) is 4.79 Å². The zero-order valence-corrected chi connectivity index (χ0v) is 11.6. The lowest BCUT2D eigenvalue weighted by Gasteiger charge is -2.03. The van der Waals surface area contributed by atoms with E-state index in [-0.39, 0.29) is 18.0 Å². The monoisotopic (exact) mass is 288 g/mol. The van der Waals surface area contributed by atoms with Gasteiger partial charge in [0.2, 0.25) is 5.91 Å². The fourth-order valence-electron chi connectivity index (χ4n) is 1.92. The molecule has 6 heteroatoms. The van der Waals surface area contributed by atoms with E-state index in [0.717, 1.165) is 5.56 Å². The number of furan rings is 1. The van der Waals surface area contributed by atoms with Crippen LogP contribution < -0.4 is 5.32 Å². The molecule has 0 saturated heterocycles. The van der Waals surface area contributed by atoms with Crippen molar-refractivity contribution in [3.05, 3.63) is 53.2 Å². The maximum Gasteiger partial charge on any atom is 0.339 e. The van der Waals surface area contributed by atoms with Crippen molar-refractivity contribution in [3.63, 3.8) is 0 Å². The maximum absolute atomic E-state index is 11.7. The molecule has 0 saturated carbocycles. The largest absolute Gasteiger partial charge is 0.478 e. The molecular weight excluding hydrogens is 272 g/mol. The number of aryl methyl sites for hydroxylation is 2. The number of pyridine rings is 1. The normalized spacial score (nSPS) is 10.3. The summed E-state index contributed by atoms with van der Waals surface area (Å²) in [6.07, 6.45) is 4.36. The number of amides is 1. The third kappa shape index (κ3) is 4.17. The average Bonchev–Trinajstić information content (AvgIpc) is 2.85. The zero-order valence-electron chi connectivity index (χ0n) is 11.6. The van der Waals surface area contributed by atoms with E-state index >= 15 is 0 Å². The number of carboxylic acid groups (broad SMARTS) is 1. The number of carboxylic acids is 1. The molecule has 0 radical (unpaired) electrons. The van der Waals surface area contributed by atoms with Gasteiger partial charge in [-0.3, -0.25) is 9.78 Å². The second-order valence-corrected chi connectivity index (χ2v) is 4.62. The molecule has 2 aromatic heterocycles. The van der Waals surface area contributed by atoms with Gasteiger partial charge in [0.25, 0.3) is 0 Å². The molecule has 0 bridgehead atoms. The lowest BCUT2D eigenvalue weighted by molar-refractivity contribution is -0.121. The van der Waals surface area contributed by atoms with Crippen molar-refractivity contribution < 1.29 is 19.1 Å². The van der Waals surface area contributed by atoms with Gasteiger partial charge >= 0.3 is 5.97 Å². The molecule has 2 heterocycles. The molecule has 1 amide bonds. The number of rotatable bonds is 6. The minimum Gasteiger partial charge on any atom is -0.478 e. The molecule has 21 heavy (non-hydrogen) atoms. The first-order chi connectivity index (χ1) is 10.1. The Kier molecular flexibility index (Phi) is 4.71. The number of hydrogen-bond acceptors (Lipinski definition) is 4. The number of aromatic carboxylic acids is 1. The first kappa shape index (κ1) is 14.8. The van der Waals surface area contributed by atoms with Crippen LogP contribution in [0, 0.1) is 6.92 Å². The number of hydrogen-bond donors (Lipinski definition) is 2. The highest BCUT2D eigenvalue weighted by Crippen LogP contribution is 2.14. The van der Waals surface area contributed by atoms with Crippen LogP contribution in [0.5, 0.6) is 0 Å². The van der Waals surface area contributed by atoms with E-state index in [1.807, 2.05) is 12.1 Å². The third-order valence-corrected chi connectivity index (χ3v) is 3.05. The van der Waals surface area contributed by atoms with Gasteiger partial charge < -0.3 is 14.8 Å². The highest BCUT2D eigenvalue weighted by atomic mass is 16.4. The quantitative estimate of drug-likeness (QED) is 0.847. The molecule has 0 aliphatic rings. The Morgan fingerprint density at radius 3 is 2.67 bits per heavy atom. The Morgan fingerprint density at radius 1 is 1.33 bits per heavy atom. The molecule has 0 unspecified atom stereocenters. The van der Waals surface area contributed by atoms with Crippen LogP contribution in [0.4, 0.5) is 0 Å². The number of nitrogens with zero attached hydrogens (tertiary/aromatic N) is 1. The van der Waals surface area contributed by atoms with E-state index in [4.69, 9.17) is 9.52 Å². The van der Waals surface area contributed by atoms with Crippen LogP contribution in [-0.4, -0.2) is 22.0 Å². The van der Waals surface area contributed by atoms with Crippen molar-refractivity contribution in [1.29, 1.82) is 0 Å². The van der Waals surface area contributed by atoms with E-state index in [1.54, 1.807) is 19.3 Å². The molecule has 0 aliphatic heterocycles. The Hall–Kier alpha value is -2.63. The Morgan fingerprint density at radius 2 is 2.05 bits per heavy atom. The summed E-state index contributed by atoms with van der Waals surface area (Å²) in [5.41, 5.74) is 1.16. The Labute approximate surface area is 121 Å². The van der Waals surface area contributed by atoms with Crippen LogP contribution in [0.25, 0.3) is 0 Å². The molecule has 110 valence electrons. The minimum atomic E-state index is -1.04. The molecule has 0 spiro atoms. The fourth-order valence-corrected chi connectivity index (χ4v) is 1.92. The summed E-state index contributed by atoms with van der Waals surface area (Å²) < 4.78 is 5.29. The fraction of sp³-hybridized carbons (Fsp3) is 0.267. The lowest BCUT2D eigenvalue weighted by atomic mass is 10.1. The highest BCUT2D eigenvalue weighted by Gasteiger charge is 2.14. The van der Waals surface area contributed by atoms with E-state index in [1.165, 1.54) is 6.07 Å². The van der Waals surface area contributed by atoms with Crippen molar-refractivity contribution in [2.75, 3.05) is 0 Å². The summed E-state index contributed by atoms with van der Waals surface area (Å²) in [6.45, 7) is 1.77. The Bertz CT molecular complexity index is 634. The lowest BCUT2D eigenvalue weighted by Crippen LogP contribution is -2.22. The van der Waals surface area contributed by atoms with Gasteiger partial charge in [0.05, 0.1) is 6.54 Å². The van der Waals surface area contributed by atoms with Gasteiger partial charge in [-0.15, -0.1) is 0 Å². The van der Waals surface area contributed by atoms with Crippen LogP contribution in [-0.2, 0) is 17.8 Å². The third-order valence-electron chi connectivity index (χ3n) is 3.05. The smallest absolute Gasteiger partial charge is 0.339 e. The van der Waals surface area contributed by atoms with E-state index in [9.17, 15) is 9.59 Å². The predicted octanol–water partition coefficient (Wildman–Crippen LogP) is 1.93. The predicted molar refractivity (Wildman–Crippen MR) is 74.8 cm³/mol. The van der Waals surface area contributed by atoms with E-state index < -0.39 is 5.97 Å². The average molecular weight is 288 g/mol. The molecule has 6 nitrogen and oxygen atoms in total.